The average Bonchev–Trinajstić information content (AvgIpc) is 2.36. The van der Waals surface area contributed by atoms with Crippen LogP contribution >= 0.6 is 0 Å². The number of amides is 1. The van der Waals surface area contributed by atoms with E-state index in [2.05, 4.69) is 15.6 Å². The third kappa shape index (κ3) is 5.21. The summed E-state index contributed by atoms with van der Waals surface area (Å²) < 4.78 is 0. The monoisotopic (exact) mass is 280 g/mol. The first kappa shape index (κ1) is 15.9. The standard InChI is InChI=1S/C13H20N4O3/c1-9(2)7-16-13(18)4-5-14-12-6-10(3)11(8-15-12)17(19)20/h6,8-9H,4-5,7H2,1-3H3,(H,14,15)(H,16,18). The number of carbonyl (C=O) groups is 1. The summed E-state index contributed by atoms with van der Waals surface area (Å²) in [5.41, 5.74) is 0.530. The molecular formula is C13H20N4O3. The molecule has 0 aliphatic heterocycles. The molecule has 0 saturated heterocycles. The molecule has 110 valence electrons. The zero-order chi connectivity index (χ0) is 15.1. The average molecular weight is 280 g/mol. The predicted octanol–water partition coefficient (Wildman–Crippen LogP) is 1.87. The van der Waals surface area contributed by atoms with Gasteiger partial charge in [0, 0.05) is 25.1 Å². The molecular weight excluding hydrogens is 260 g/mol. The molecule has 20 heavy (non-hydrogen) atoms. The van der Waals surface area contributed by atoms with Crippen molar-refractivity contribution in [2.75, 3.05) is 18.4 Å². The summed E-state index contributed by atoms with van der Waals surface area (Å²) in [7, 11) is 0. The van der Waals surface area contributed by atoms with Gasteiger partial charge in [-0.1, -0.05) is 13.8 Å². The molecule has 0 saturated carbocycles. The van der Waals surface area contributed by atoms with Gasteiger partial charge in [0.2, 0.25) is 5.91 Å². The molecule has 1 amide bonds. The Balaban J connectivity index is 2.41. The van der Waals surface area contributed by atoms with Crippen molar-refractivity contribution in [1.82, 2.24) is 10.3 Å². The number of nitrogens with zero attached hydrogens (tertiary/aromatic N) is 2. The Kier molecular flexibility index (Phi) is 5.89. The minimum atomic E-state index is -0.467. The fourth-order valence-electron chi connectivity index (χ4n) is 1.55. The number of aryl methyl sites for hydroxylation is 1. The molecule has 1 aromatic rings. The van der Waals surface area contributed by atoms with E-state index in [1.165, 1.54) is 6.20 Å². The van der Waals surface area contributed by atoms with Crippen LogP contribution in [0.3, 0.4) is 0 Å². The van der Waals surface area contributed by atoms with Gasteiger partial charge >= 0.3 is 0 Å². The van der Waals surface area contributed by atoms with Gasteiger partial charge < -0.3 is 10.6 Å². The van der Waals surface area contributed by atoms with Crippen molar-refractivity contribution < 1.29 is 9.72 Å². The molecule has 0 spiro atoms. The van der Waals surface area contributed by atoms with E-state index >= 15 is 0 Å². The number of carbonyl (C=O) groups excluding carboxylic acids is 1. The van der Waals surface area contributed by atoms with E-state index in [-0.39, 0.29) is 11.6 Å². The van der Waals surface area contributed by atoms with Crippen LogP contribution in [0.2, 0.25) is 0 Å². The quantitative estimate of drug-likeness (QED) is 0.587. The van der Waals surface area contributed by atoms with Gasteiger partial charge in [-0.25, -0.2) is 4.98 Å². The molecule has 0 bridgehead atoms. The maximum Gasteiger partial charge on any atom is 0.290 e. The maximum absolute atomic E-state index is 11.5. The van der Waals surface area contributed by atoms with Crippen molar-refractivity contribution in [3.05, 3.63) is 27.9 Å². The normalized spacial score (nSPS) is 10.4. The van der Waals surface area contributed by atoms with E-state index in [1.807, 2.05) is 13.8 Å². The van der Waals surface area contributed by atoms with E-state index in [0.717, 1.165) is 0 Å². The Morgan fingerprint density at radius 3 is 2.75 bits per heavy atom. The van der Waals surface area contributed by atoms with Crippen LogP contribution in [0.1, 0.15) is 25.8 Å². The van der Waals surface area contributed by atoms with Gasteiger partial charge in [-0.05, 0) is 18.9 Å². The lowest BCUT2D eigenvalue weighted by Gasteiger charge is -2.09. The van der Waals surface area contributed by atoms with Crippen molar-refractivity contribution in [2.45, 2.75) is 27.2 Å². The summed E-state index contributed by atoms with van der Waals surface area (Å²) in [6.07, 6.45) is 1.56. The molecule has 0 radical (unpaired) electrons. The second-order valence-corrected chi connectivity index (χ2v) is 4.99. The van der Waals surface area contributed by atoms with Crippen LogP contribution < -0.4 is 10.6 Å². The summed E-state index contributed by atoms with van der Waals surface area (Å²) in [6, 6.07) is 1.60. The molecule has 7 heteroatoms. The van der Waals surface area contributed by atoms with E-state index in [9.17, 15) is 14.9 Å². The highest BCUT2D eigenvalue weighted by atomic mass is 16.6. The molecule has 1 heterocycles. The molecule has 0 aliphatic carbocycles. The van der Waals surface area contributed by atoms with Crippen molar-refractivity contribution in [3.8, 4) is 0 Å². The zero-order valence-corrected chi connectivity index (χ0v) is 12.0. The Bertz CT molecular complexity index is 489. The Morgan fingerprint density at radius 2 is 2.20 bits per heavy atom. The van der Waals surface area contributed by atoms with Gasteiger partial charge in [-0.15, -0.1) is 0 Å². The number of hydrogen-bond acceptors (Lipinski definition) is 5. The molecule has 0 aromatic carbocycles. The summed E-state index contributed by atoms with van der Waals surface area (Å²) in [5, 5.41) is 16.4. The van der Waals surface area contributed by atoms with Gasteiger partial charge in [0.1, 0.15) is 12.0 Å². The summed E-state index contributed by atoms with van der Waals surface area (Å²) in [5.74, 6) is 0.931. The lowest BCUT2D eigenvalue weighted by molar-refractivity contribution is -0.385. The lowest BCUT2D eigenvalue weighted by Crippen LogP contribution is -2.28. The van der Waals surface area contributed by atoms with Gasteiger partial charge in [-0.2, -0.15) is 0 Å². The van der Waals surface area contributed by atoms with E-state index in [1.54, 1.807) is 13.0 Å². The van der Waals surface area contributed by atoms with Gasteiger partial charge in [0.15, 0.2) is 0 Å². The van der Waals surface area contributed by atoms with Crippen LogP contribution in [0.4, 0.5) is 11.5 Å². The number of pyridine rings is 1. The SMILES string of the molecule is Cc1cc(NCCC(=O)NCC(C)C)ncc1[N+](=O)[O-]. The Hall–Kier alpha value is -2.18. The van der Waals surface area contributed by atoms with E-state index in [4.69, 9.17) is 0 Å². The molecule has 2 N–H and O–H groups in total. The number of aromatic nitrogens is 1. The van der Waals surface area contributed by atoms with Crippen LogP contribution in [-0.2, 0) is 4.79 Å². The molecule has 0 aliphatic rings. The van der Waals surface area contributed by atoms with Crippen LogP contribution in [0.15, 0.2) is 12.3 Å². The van der Waals surface area contributed by atoms with Crippen molar-refractivity contribution in [2.24, 2.45) is 5.92 Å². The topological polar surface area (TPSA) is 97.2 Å². The third-order valence-electron chi connectivity index (χ3n) is 2.65. The van der Waals surface area contributed by atoms with Gasteiger partial charge in [0.25, 0.3) is 5.69 Å². The molecule has 1 rings (SSSR count). The van der Waals surface area contributed by atoms with Crippen molar-refractivity contribution >= 4 is 17.4 Å². The summed E-state index contributed by atoms with van der Waals surface area (Å²) >= 11 is 0. The zero-order valence-electron chi connectivity index (χ0n) is 12.0. The number of nitrogens with one attached hydrogen (secondary N) is 2. The molecule has 7 nitrogen and oxygen atoms in total. The predicted molar refractivity (Wildman–Crippen MR) is 76.6 cm³/mol. The number of rotatable bonds is 7. The molecule has 0 unspecified atom stereocenters. The van der Waals surface area contributed by atoms with Crippen molar-refractivity contribution in [3.63, 3.8) is 0 Å². The smallest absolute Gasteiger partial charge is 0.290 e. The number of hydrogen-bond donors (Lipinski definition) is 2. The minimum Gasteiger partial charge on any atom is -0.370 e. The fourth-order valence-corrected chi connectivity index (χ4v) is 1.55. The first-order valence-electron chi connectivity index (χ1n) is 6.51. The van der Waals surface area contributed by atoms with Crippen LogP contribution in [0, 0.1) is 23.0 Å². The Labute approximate surface area is 117 Å². The highest BCUT2D eigenvalue weighted by Gasteiger charge is 2.11. The number of nitro groups is 1. The molecule has 0 fully saturated rings. The maximum atomic E-state index is 11.5. The second kappa shape index (κ2) is 7.42. The summed E-state index contributed by atoms with van der Waals surface area (Å²) in [4.78, 5) is 25.6. The molecule has 1 aromatic heterocycles. The van der Waals surface area contributed by atoms with E-state index < -0.39 is 4.92 Å². The van der Waals surface area contributed by atoms with Crippen LogP contribution in [0.25, 0.3) is 0 Å². The van der Waals surface area contributed by atoms with E-state index in [0.29, 0.717) is 36.8 Å². The highest BCUT2D eigenvalue weighted by Crippen LogP contribution is 2.18. The van der Waals surface area contributed by atoms with Gasteiger partial charge in [-0.3, -0.25) is 14.9 Å². The number of anilines is 1. The molecule has 0 atom stereocenters. The minimum absolute atomic E-state index is 0.00905. The van der Waals surface area contributed by atoms with Crippen LogP contribution in [0.5, 0.6) is 0 Å². The van der Waals surface area contributed by atoms with Crippen LogP contribution in [-0.4, -0.2) is 28.9 Å². The highest BCUT2D eigenvalue weighted by molar-refractivity contribution is 5.76. The van der Waals surface area contributed by atoms with Crippen molar-refractivity contribution in [1.29, 1.82) is 0 Å². The Morgan fingerprint density at radius 1 is 1.50 bits per heavy atom. The van der Waals surface area contributed by atoms with Gasteiger partial charge in [0.05, 0.1) is 4.92 Å². The summed E-state index contributed by atoms with van der Waals surface area (Å²) in [6.45, 7) is 6.81. The first-order valence-corrected chi connectivity index (χ1v) is 6.51. The lowest BCUT2D eigenvalue weighted by atomic mass is 10.2. The fraction of sp³-hybridized carbons (Fsp3) is 0.538. The third-order valence-corrected chi connectivity index (χ3v) is 2.65. The second-order valence-electron chi connectivity index (χ2n) is 4.99. The largest absolute Gasteiger partial charge is 0.370 e. The first-order chi connectivity index (χ1) is 9.40.